The lowest BCUT2D eigenvalue weighted by molar-refractivity contribution is -0.137. The zero-order chi connectivity index (χ0) is 13.4. The number of amides is 1. The number of carbonyl (C=O) groups excluding carboxylic acids is 1. The fourth-order valence-electron chi connectivity index (χ4n) is 1.87. The average Bonchev–Trinajstić information content (AvgIpc) is 2.38. The lowest BCUT2D eigenvalue weighted by Gasteiger charge is -2.21. The van der Waals surface area contributed by atoms with Crippen molar-refractivity contribution in [1.82, 2.24) is 10.6 Å². The smallest absolute Gasteiger partial charge is 0.322 e. The van der Waals surface area contributed by atoms with Gasteiger partial charge in [-0.1, -0.05) is 19.3 Å². The van der Waals surface area contributed by atoms with Gasteiger partial charge in [0.15, 0.2) is 0 Å². The molecule has 0 atom stereocenters. The summed E-state index contributed by atoms with van der Waals surface area (Å²) in [5.41, 5.74) is -0.0955. The summed E-state index contributed by atoms with van der Waals surface area (Å²) in [6.45, 7) is -0.485. The van der Waals surface area contributed by atoms with Crippen LogP contribution in [0.4, 0.5) is 0 Å². The predicted molar refractivity (Wildman–Crippen MR) is 64.4 cm³/mol. The van der Waals surface area contributed by atoms with Crippen molar-refractivity contribution in [1.29, 1.82) is 5.26 Å². The molecule has 0 unspecified atom stereocenters. The van der Waals surface area contributed by atoms with Gasteiger partial charge in [0.1, 0.15) is 18.2 Å². The SMILES string of the molecule is N#C/C(=C/NC1CCCCC1)C(=O)NCC(=O)O. The Bertz CT molecular complexity index is 379. The second-order valence-corrected chi connectivity index (χ2v) is 4.25. The standard InChI is InChI=1S/C12H17N3O3/c13-6-9(12(18)15-8-11(16)17)7-14-10-4-2-1-3-5-10/h7,10,14H,1-5,8H2,(H,15,18)(H,16,17)/b9-7-. The summed E-state index contributed by atoms with van der Waals surface area (Å²) in [5.74, 6) is -1.80. The Morgan fingerprint density at radius 2 is 2.00 bits per heavy atom. The normalized spacial score (nSPS) is 16.7. The van der Waals surface area contributed by atoms with E-state index < -0.39 is 18.4 Å². The summed E-state index contributed by atoms with van der Waals surface area (Å²) < 4.78 is 0. The van der Waals surface area contributed by atoms with Gasteiger partial charge in [0.25, 0.3) is 5.91 Å². The number of hydrogen-bond acceptors (Lipinski definition) is 4. The van der Waals surface area contributed by atoms with Crippen molar-refractivity contribution in [3.63, 3.8) is 0 Å². The van der Waals surface area contributed by atoms with Crippen LogP contribution in [-0.4, -0.2) is 29.6 Å². The van der Waals surface area contributed by atoms with E-state index in [0.717, 1.165) is 25.7 Å². The number of nitrogens with zero attached hydrogens (tertiary/aromatic N) is 1. The first kappa shape index (κ1) is 14.0. The van der Waals surface area contributed by atoms with E-state index in [1.807, 2.05) is 0 Å². The molecular formula is C12H17N3O3. The Morgan fingerprint density at radius 1 is 1.33 bits per heavy atom. The van der Waals surface area contributed by atoms with E-state index in [-0.39, 0.29) is 5.57 Å². The van der Waals surface area contributed by atoms with E-state index in [1.165, 1.54) is 12.6 Å². The van der Waals surface area contributed by atoms with Crippen molar-refractivity contribution in [3.8, 4) is 6.07 Å². The Hall–Kier alpha value is -2.03. The van der Waals surface area contributed by atoms with Gasteiger partial charge in [-0.15, -0.1) is 0 Å². The molecule has 0 aromatic carbocycles. The molecule has 0 heterocycles. The van der Waals surface area contributed by atoms with Crippen LogP contribution in [-0.2, 0) is 9.59 Å². The molecule has 6 heteroatoms. The predicted octanol–water partition coefficient (Wildman–Crippen LogP) is 0.517. The monoisotopic (exact) mass is 251 g/mol. The summed E-state index contributed by atoms with van der Waals surface area (Å²) >= 11 is 0. The first-order chi connectivity index (χ1) is 8.63. The maximum atomic E-state index is 11.4. The van der Waals surface area contributed by atoms with Crippen LogP contribution in [0, 0.1) is 11.3 Å². The van der Waals surface area contributed by atoms with Crippen molar-refractivity contribution in [2.45, 2.75) is 38.1 Å². The summed E-state index contributed by atoms with van der Waals surface area (Å²) in [5, 5.41) is 22.4. The van der Waals surface area contributed by atoms with E-state index in [1.54, 1.807) is 6.07 Å². The first-order valence-corrected chi connectivity index (χ1v) is 6.00. The molecule has 1 saturated carbocycles. The molecule has 0 spiro atoms. The quantitative estimate of drug-likeness (QED) is 0.488. The van der Waals surface area contributed by atoms with E-state index in [2.05, 4.69) is 10.6 Å². The largest absolute Gasteiger partial charge is 0.480 e. The Kier molecular flexibility index (Phi) is 5.71. The highest BCUT2D eigenvalue weighted by Crippen LogP contribution is 2.17. The molecule has 0 aromatic rings. The van der Waals surface area contributed by atoms with Gasteiger partial charge in [-0.2, -0.15) is 5.26 Å². The van der Waals surface area contributed by atoms with E-state index >= 15 is 0 Å². The molecule has 0 bridgehead atoms. The second kappa shape index (κ2) is 7.33. The van der Waals surface area contributed by atoms with E-state index in [9.17, 15) is 9.59 Å². The van der Waals surface area contributed by atoms with Gasteiger partial charge in [-0.05, 0) is 12.8 Å². The summed E-state index contributed by atoms with van der Waals surface area (Å²) in [7, 11) is 0. The Morgan fingerprint density at radius 3 is 2.56 bits per heavy atom. The van der Waals surface area contributed by atoms with Gasteiger partial charge in [0.2, 0.25) is 0 Å². The highest BCUT2D eigenvalue weighted by molar-refractivity contribution is 5.98. The number of rotatable bonds is 5. The van der Waals surface area contributed by atoms with Gasteiger partial charge >= 0.3 is 5.97 Å². The maximum Gasteiger partial charge on any atom is 0.322 e. The van der Waals surface area contributed by atoms with Crippen LogP contribution in [0.15, 0.2) is 11.8 Å². The van der Waals surface area contributed by atoms with Crippen molar-refractivity contribution in [3.05, 3.63) is 11.8 Å². The van der Waals surface area contributed by atoms with Gasteiger partial charge in [-0.3, -0.25) is 9.59 Å². The molecule has 1 aliphatic carbocycles. The highest BCUT2D eigenvalue weighted by atomic mass is 16.4. The molecule has 1 amide bonds. The molecule has 18 heavy (non-hydrogen) atoms. The topological polar surface area (TPSA) is 102 Å². The number of nitrogens with one attached hydrogen (secondary N) is 2. The molecule has 1 aliphatic rings. The summed E-state index contributed by atoms with van der Waals surface area (Å²) in [4.78, 5) is 21.7. The molecule has 0 saturated heterocycles. The van der Waals surface area contributed by atoms with Crippen LogP contribution in [0.5, 0.6) is 0 Å². The maximum absolute atomic E-state index is 11.4. The van der Waals surface area contributed by atoms with Crippen LogP contribution < -0.4 is 10.6 Å². The fraction of sp³-hybridized carbons (Fsp3) is 0.583. The fourth-order valence-corrected chi connectivity index (χ4v) is 1.87. The molecule has 0 radical (unpaired) electrons. The summed E-state index contributed by atoms with van der Waals surface area (Å²) in [6.07, 6.45) is 6.98. The molecule has 3 N–H and O–H groups in total. The number of carbonyl (C=O) groups is 2. The third-order valence-corrected chi connectivity index (χ3v) is 2.83. The highest BCUT2D eigenvalue weighted by Gasteiger charge is 2.14. The Balaban J connectivity index is 2.46. The van der Waals surface area contributed by atoms with Crippen LogP contribution in [0.3, 0.4) is 0 Å². The van der Waals surface area contributed by atoms with Crippen molar-refractivity contribution >= 4 is 11.9 Å². The van der Waals surface area contributed by atoms with Gasteiger partial charge in [-0.25, -0.2) is 0 Å². The van der Waals surface area contributed by atoms with Crippen LogP contribution in [0.1, 0.15) is 32.1 Å². The van der Waals surface area contributed by atoms with Crippen molar-refractivity contribution in [2.75, 3.05) is 6.54 Å². The minimum absolute atomic E-state index is 0.0955. The minimum Gasteiger partial charge on any atom is -0.480 e. The zero-order valence-electron chi connectivity index (χ0n) is 10.1. The van der Waals surface area contributed by atoms with Crippen molar-refractivity contribution < 1.29 is 14.7 Å². The lowest BCUT2D eigenvalue weighted by atomic mass is 9.96. The van der Waals surface area contributed by atoms with E-state index in [0.29, 0.717) is 6.04 Å². The molecule has 1 rings (SSSR count). The molecule has 0 aromatic heterocycles. The first-order valence-electron chi connectivity index (χ1n) is 6.00. The van der Waals surface area contributed by atoms with Crippen LogP contribution >= 0.6 is 0 Å². The zero-order valence-corrected chi connectivity index (χ0v) is 10.1. The number of hydrogen-bond donors (Lipinski definition) is 3. The van der Waals surface area contributed by atoms with Crippen molar-refractivity contribution in [2.24, 2.45) is 0 Å². The molecule has 0 aliphatic heterocycles. The van der Waals surface area contributed by atoms with Crippen LogP contribution in [0.25, 0.3) is 0 Å². The number of carboxylic acid groups (broad SMARTS) is 1. The second-order valence-electron chi connectivity index (χ2n) is 4.25. The van der Waals surface area contributed by atoms with Gasteiger partial charge in [0.05, 0.1) is 0 Å². The lowest BCUT2D eigenvalue weighted by Crippen LogP contribution is -2.32. The van der Waals surface area contributed by atoms with Crippen LogP contribution in [0.2, 0.25) is 0 Å². The molecular weight excluding hydrogens is 234 g/mol. The van der Waals surface area contributed by atoms with Gasteiger partial charge in [0, 0.05) is 12.2 Å². The minimum atomic E-state index is -1.14. The number of nitriles is 1. The average molecular weight is 251 g/mol. The molecule has 6 nitrogen and oxygen atoms in total. The summed E-state index contributed by atoms with van der Waals surface area (Å²) in [6, 6.07) is 2.06. The molecule has 98 valence electrons. The van der Waals surface area contributed by atoms with Gasteiger partial charge < -0.3 is 15.7 Å². The molecule has 1 fully saturated rings. The third kappa shape index (κ3) is 4.87. The number of carboxylic acids is 1. The Labute approximate surface area is 106 Å². The number of aliphatic carboxylic acids is 1. The third-order valence-electron chi connectivity index (χ3n) is 2.83. The van der Waals surface area contributed by atoms with E-state index in [4.69, 9.17) is 10.4 Å².